The molecule has 1 aliphatic heterocycles. The summed E-state index contributed by atoms with van der Waals surface area (Å²) in [5, 5.41) is 0. The first-order valence-corrected chi connectivity index (χ1v) is 10.4. The average Bonchev–Trinajstić information content (AvgIpc) is 2.59. The van der Waals surface area contributed by atoms with E-state index in [9.17, 15) is 9.59 Å². The van der Waals surface area contributed by atoms with Gasteiger partial charge in [0.1, 0.15) is 5.60 Å². The van der Waals surface area contributed by atoms with Crippen LogP contribution in [0.3, 0.4) is 0 Å². The lowest BCUT2D eigenvalue weighted by Crippen LogP contribution is -2.49. The summed E-state index contributed by atoms with van der Waals surface area (Å²) in [6.07, 6.45) is 1.30. The van der Waals surface area contributed by atoms with E-state index in [2.05, 4.69) is 15.9 Å². The number of rotatable bonds is 4. The van der Waals surface area contributed by atoms with Gasteiger partial charge in [-0.2, -0.15) is 0 Å². The number of likely N-dealkylation sites (tertiary alicyclic amines) is 1. The lowest BCUT2D eigenvalue weighted by Gasteiger charge is -2.37. The quantitative estimate of drug-likeness (QED) is 0.675. The predicted octanol–water partition coefficient (Wildman–Crippen LogP) is 4.83. The topological polar surface area (TPSA) is 49.9 Å². The van der Waals surface area contributed by atoms with Gasteiger partial charge in [-0.3, -0.25) is 4.79 Å². The fourth-order valence-electron chi connectivity index (χ4n) is 3.21. The Labute approximate surface area is 171 Å². The molecule has 0 unspecified atom stereocenters. The normalized spacial score (nSPS) is 17.7. The highest BCUT2D eigenvalue weighted by Gasteiger charge is 2.33. The molecule has 1 heterocycles. The Morgan fingerprint density at radius 1 is 1.26 bits per heavy atom. The van der Waals surface area contributed by atoms with E-state index >= 15 is 0 Å². The third-order valence-electron chi connectivity index (χ3n) is 4.59. The van der Waals surface area contributed by atoms with Crippen molar-refractivity contribution < 1.29 is 14.3 Å². The van der Waals surface area contributed by atoms with Crippen molar-refractivity contribution in [3.05, 3.63) is 34.3 Å². The van der Waals surface area contributed by atoms with Gasteiger partial charge in [0.05, 0.1) is 5.92 Å². The molecule has 1 aliphatic rings. The summed E-state index contributed by atoms with van der Waals surface area (Å²) in [5.41, 5.74) is 0.569. The van der Waals surface area contributed by atoms with Crippen LogP contribution in [0.4, 0.5) is 4.79 Å². The van der Waals surface area contributed by atoms with Gasteiger partial charge in [-0.05, 0) is 65.2 Å². The number of carbonyl (C=O) groups excluding carboxylic acids is 2. The second kappa shape index (κ2) is 9.09. The summed E-state index contributed by atoms with van der Waals surface area (Å²) in [6, 6.07) is 8.13. The molecule has 1 aromatic carbocycles. The minimum atomic E-state index is -0.528. The van der Waals surface area contributed by atoms with Gasteiger partial charge in [0.2, 0.25) is 5.91 Å². The maximum Gasteiger partial charge on any atom is 0.410 e. The molecule has 1 saturated heterocycles. The van der Waals surface area contributed by atoms with Crippen LogP contribution in [0.1, 0.15) is 53.0 Å². The Morgan fingerprint density at radius 3 is 2.44 bits per heavy atom. The molecule has 5 nitrogen and oxygen atoms in total. The van der Waals surface area contributed by atoms with Crippen LogP contribution in [0, 0.1) is 5.92 Å². The minimum Gasteiger partial charge on any atom is -0.444 e. The zero-order chi connectivity index (χ0) is 20.2. The second-order valence-electron chi connectivity index (χ2n) is 8.45. The maximum absolute atomic E-state index is 13.2. The molecule has 27 heavy (non-hydrogen) atoms. The molecule has 0 radical (unpaired) electrons. The number of hydrogen-bond acceptors (Lipinski definition) is 3. The number of nitrogens with zero attached hydrogens (tertiary/aromatic N) is 2. The van der Waals surface area contributed by atoms with Gasteiger partial charge < -0.3 is 14.5 Å². The molecule has 2 rings (SSSR count). The number of hydrogen-bond donors (Lipinski definition) is 0. The van der Waals surface area contributed by atoms with Crippen LogP contribution >= 0.6 is 15.9 Å². The Balaban J connectivity index is 2.06. The van der Waals surface area contributed by atoms with E-state index in [1.807, 2.05) is 63.8 Å². The highest BCUT2D eigenvalue weighted by molar-refractivity contribution is 9.10. The Morgan fingerprint density at radius 2 is 1.89 bits per heavy atom. The van der Waals surface area contributed by atoms with Gasteiger partial charge >= 0.3 is 6.09 Å². The van der Waals surface area contributed by atoms with Crippen molar-refractivity contribution in [2.24, 2.45) is 5.92 Å². The Hall–Kier alpha value is -1.56. The van der Waals surface area contributed by atoms with Crippen molar-refractivity contribution in [3.63, 3.8) is 0 Å². The van der Waals surface area contributed by atoms with E-state index in [4.69, 9.17) is 4.74 Å². The van der Waals surface area contributed by atoms with Crippen LogP contribution < -0.4 is 0 Å². The van der Waals surface area contributed by atoms with Gasteiger partial charge in [-0.15, -0.1) is 0 Å². The zero-order valence-corrected chi connectivity index (χ0v) is 18.6. The van der Waals surface area contributed by atoms with Gasteiger partial charge in [0.25, 0.3) is 0 Å². The summed E-state index contributed by atoms with van der Waals surface area (Å²) >= 11 is 3.44. The summed E-state index contributed by atoms with van der Waals surface area (Å²) in [5.74, 6) is -0.0645. The number of ether oxygens (including phenoxy) is 1. The van der Waals surface area contributed by atoms with E-state index in [0.29, 0.717) is 19.6 Å². The first kappa shape index (κ1) is 21.7. The van der Waals surface area contributed by atoms with Crippen LogP contribution in [0.5, 0.6) is 0 Å². The predicted molar refractivity (Wildman–Crippen MR) is 110 cm³/mol. The van der Waals surface area contributed by atoms with Gasteiger partial charge in [-0.1, -0.05) is 28.1 Å². The molecular weight excluding hydrogens is 408 g/mol. The highest BCUT2D eigenvalue weighted by Crippen LogP contribution is 2.23. The molecule has 6 heteroatoms. The molecule has 0 saturated carbocycles. The number of carbonyl (C=O) groups is 2. The number of halogens is 1. The Kier molecular flexibility index (Phi) is 7.32. The van der Waals surface area contributed by atoms with Gasteiger partial charge in [0, 0.05) is 30.1 Å². The molecule has 1 aromatic rings. The van der Waals surface area contributed by atoms with Crippen molar-refractivity contribution in [1.82, 2.24) is 9.80 Å². The van der Waals surface area contributed by atoms with Crippen molar-refractivity contribution in [2.45, 2.75) is 65.6 Å². The van der Waals surface area contributed by atoms with E-state index in [0.717, 1.165) is 22.9 Å². The van der Waals surface area contributed by atoms with Crippen molar-refractivity contribution in [1.29, 1.82) is 0 Å². The summed E-state index contributed by atoms with van der Waals surface area (Å²) in [6.45, 7) is 11.3. The van der Waals surface area contributed by atoms with Crippen molar-refractivity contribution >= 4 is 27.9 Å². The lowest BCUT2D eigenvalue weighted by molar-refractivity contribution is -0.139. The number of amides is 2. The van der Waals surface area contributed by atoms with Crippen LogP contribution in [0.2, 0.25) is 0 Å². The molecule has 2 amide bonds. The van der Waals surface area contributed by atoms with E-state index in [1.165, 1.54) is 0 Å². The average molecular weight is 439 g/mol. The molecule has 0 N–H and O–H groups in total. The number of benzene rings is 1. The summed E-state index contributed by atoms with van der Waals surface area (Å²) < 4.78 is 6.50. The molecular formula is C21H31BrN2O3. The first-order chi connectivity index (χ1) is 12.6. The molecule has 0 aliphatic carbocycles. The van der Waals surface area contributed by atoms with Crippen LogP contribution in [0.15, 0.2) is 28.7 Å². The largest absolute Gasteiger partial charge is 0.444 e. The molecule has 0 spiro atoms. The van der Waals surface area contributed by atoms with Crippen LogP contribution in [-0.2, 0) is 16.1 Å². The third-order valence-corrected chi connectivity index (χ3v) is 5.12. The van der Waals surface area contributed by atoms with E-state index in [1.54, 1.807) is 4.90 Å². The molecule has 1 atom stereocenters. The van der Waals surface area contributed by atoms with E-state index < -0.39 is 5.60 Å². The monoisotopic (exact) mass is 438 g/mol. The smallest absolute Gasteiger partial charge is 0.410 e. The van der Waals surface area contributed by atoms with Crippen LogP contribution in [0.25, 0.3) is 0 Å². The van der Waals surface area contributed by atoms with Gasteiger partial charge in [-0.25, -0.2) is 4.79 Å². The minimum absolute atomic E-state index is 0.0954. The standard InChI is InChI=1S/C21H31BrN2O3/c1-15(2)24(13-16-8-10-18(22)11-9-16)19(25)17-7-6-12-23(14-17)20(26)27-21(3,4)5/h8-11,15,17H,6-7,12-14H2,1-5H3/t17-/m1/s1. The second-order valence-corrected chi connectivity index (χ2v) is 9.37. The zero-order valence-electron chi connectivity index (χ0n) is 17.0. The lowest BCUT2D eigenvalue weighted by atomic mass is 9.96. The van der Waals surface area contributed by atoms with Crippen molar-refractivity contribution in [3.8, 4) is 0 Å². The van der Waals surface area contributed by atoms with E-state index in [-0.39, 0.29) is 24.0 Å². The summed E-state index contributed by atoms with van der Waals surface area (Å²) in [4.78, 5) is 29.2. The first-order valence-electron chi connectivity index (χ1n) is 9.59. The summed E-state index contributed by atoms with van der Waals surface area (Å²) in [7, 11) is 0. The SMILES string of the molecule is CC(C)N(Cc1ccc(Br)cc1)C(=O)[C@@H]1CCCN(C(=O)OC(C)(C)C)C1. The molecule has 1 fully saturated rings. The third kappa shape index (κ3) is 6.52. The fourth-order valence-corrected chi connectivity index (χ4v) is 3.47. The maximum atomic E-state index is 13.2. The molecule has 0 bridgehead atoms. The molecule has 150 valence electrons. The van der Waals surface area contributed by atoms with Gasteiger partial charge in [0.15, 0.2) is 0 Å². The Bertz CT molecular complexity index is 652. The molecule has 0 aromatic heterocycles. The fraction of sp³-hybridized carbons (Fsp3) is 0.619. The van der Waals surface area contributed by atoms with Crippen LogP contribution in [-0.4, -0.2) is 46.5 Å². The van der Waals surface area contributed by atoms with Crippen molar-refractivity contribution in [2.75, 3.05) is 13.1 Å². The number of piperidine rings is 1. The highest BCUT2D eigenvalue weighted by atomic mass is 79.9.